The number of carbonyl (C=O) groups excluding carboxylic acids is 1. The van der Waals surface area contributed by atoms with Crippen LogP contribution in [0, 0.1) is 0 Å². The fraction of sp³-hybridized carbons (Fsp3) is 0.222. The molecular weight excluding hydrogens is 664 g/mol. The average Bonchev–Trinajstić information content (AvgIpc) is 3.42. The Bertz CT molecular complexity index is 2010. The van der Waals surface area contributed by atoms with Crippen molar-refractivity contribution in [3.63, 3.8) is 0 Å². The predicted molar refractivity (Wildman–Crippen MR) is 166 cm³/mol. The zero-order valence-corrected chi connectivity index (χ0v) is 26.1. The number of benzene rings is 1. The maximum Gasteiger partial charge on any atom is 0.272 e. The van der Waals surface area contributed by atoms with Gasteiger partial charge in [0.1, 0.15) is 10.3 Å². The van der Waals surface area contributed by atoms with Gasteiger partial charge in [0.05, 0.1) is 16.1 Å². The monoisotopic (exact) mass is 688 g/mol. The van der Waals surface area contributed by atoms with Gasteiger partial charge in [0.15, 0.2) is 5.16 Å². The van der Waals surface area contributed by atoms with Gasteiger partial charge in [0.2, 0.25) is 15.9 Å². The van der Waals surface area contributed by atoms with Crippen molar-refractivity contribution in [2.24, 2.45) is 5.14 Å². The Balaban J connectivity index is 1.21. The molecule has 0 aliphatic carbocycles. The highest BCUT2D eigenvalue weighted by Gasteiger charge is 2.15. The van der Waals surface area contributed by atoms with Gasteiger partial charge in [-0.1, -0.05) is 23.9 Å². The third kappa shape index (κ3) is 7.15. The molecule has 0 saturated heterocycles. The van der Waals surface area contributed by atoms with Gasteiger partial charge in [-0.15, -0.1) is 11.3 Å². The van der Waals surface area contributed by atoms with Crippen LogP contribution in [0.5, 0.6) is 0 Å². The molecule has 0 aliphatic heterocycles. The molecule has 1 amide bonds. The molecule has 5 rings (SSSR count). The topological polar surface area (TPSA) is 159 Å². The van der Waals surface area contributed by atoms with Crippen molar-refractivity contribution in [3.8, 4) is 0 Å². The van der Waals surface area contributed by atoms with Crippen molar-refractivity contribution in [1.82, 2.24) is 24.3 Å². The van der Waals surface area contributed by atoms with Crippen LogP contribution >= 0.6 is 39.0 Å². The van der Waals surface area contributed by atoms with Crippen molar-refractivity contribution in [1.29, 1.82) is 0 Å². The number of thiophene rings is 1. The summed E-state index contributed by atoms with van der Waals surface area (Å²) in [6, 6.07) is 13.0. The summed E-state index contributed by atoms with van der Waals surface area (Å²) in [5, 5.41) is 10.3. The molecule has 218 valence electrons. The lowest BCUT2D eigenvalue weighted by Gasteiger charge is -2.12. The SMILES string of the molecule is NS(=O)(=O)c1ccc(CCNC(=O)CCCn2c(SCc3cc(=O)n4cc(Br)ccc4n3)nc3ccsc3c2=O)cc1. The van der Waals surface area contributed by atoms with Gasteiger partial charge < -0.3 is 5.32 Å². The van der Waals surface area contributed by atoms with E-state index >= 15 is 0 Å². The quantitative estimate of drug-likeness (QED) is 0.158. The van der Waals surface area contributed by atoms with E-state index in [2.05, 4.69) is 31.2 Å². The molecule has 4 aromatic heterocycles. The molecule has 15 heteroatoms. The lowest BCUT2D eigenvalue weighted by atomic mass is 10.1. The lowest BCUT2D eigenvalue weighted by molar-refractivity contribution is -0.121. The molecule has 0 spiro atoms. The predicted octanol–water partition coefficient (Wildman–Crippen LogP) is 3.31. The largest absolute Gasteiger partial charge is 0.356 e. The highest BCUT2D eigenvalue weighted by Crippen LogP contribution is 2.24. The molecule has 4 heterocycles. The van der Waals surface area contributed by atoms with Crippen molar-refractivity contribution in [2.45, 2.75) is 41.6 Å². The Labute approximate surface area is 257 Å². The van der Waals surface area contributed by atoms with Crippen LogP contribution < -0.4 is 21.6 Å². The summed E-state index contributed by atoms with van der Waals surface area (Å²) in [7, 11) is -3.75. The van der Waals surface area contributed by atoms with Gasteiger partial charge in [-0.25, -0.2) is 23.5 Å². The second-order valence-corrected chi connectivity index (χ2v) is 13.7. The van der Waals surface area contributed by atoms with E-state index in [1.54, 1.807) is 35.0 Å². The zero-order valence-electron chi connectivity index (χ0n) is 22.0. The van der Waals surface area contributed by atoms with Crippen LogP contribution in [0.1, 0.15) is 24.1 Å². The van der Waals surface area contributed by atoms with Crippen LogP contribution in [-0.4, -0.2) is 39.8 Å². The Morgan fingerprint density at radius 1 is 1.10 bits per heavy atom. The van der Waals surface area contributed by atoms with E-state index in [1.165, 1.54) is 45.7 Å². The normalized spacial score (nSPS) is 11.8. The minimum atomic E-state index is -3.75. The second-order valence-electron chi connectivity index (χ2n) is 9.33. The first kappa shape index (κ1) is 30.1. The molecule has 0 saturated carbocycles. The van der Waals surface area contributed by atoms with Crippen LogP contribution in [0.3, 0.4) is 0 Å². The van der Waals surface area contributed by atoms with Crippen LogP contribution in [0.25, 0.3) is 15.9 Å². The van der Waals surface area contributed by atoms with E-state index in [4.69, 9.17) is 5.14 Å². The van der Waals surface area contributed by atoms with Crippen LogP contribution in [0.2, 0.25) is 0 Å². The number of aromatic nitrogens is 4. The van der Waals surface area contributed by atoms with Crippen molar-refractivity contribution >= 4 is 70.8 Å². The number of nitrogens with zero attached hydrogens (tertiary/aromatic N) is 4. The number of nitrogens with two attached hydrogens (primary N) is 1. The zero-order chi connectivity index (χ0) is 29.9. The summed E-state index contributed by atoms with van der Waals surface area (Å²) in [6.07, 6.45) is 2.82. The molecule has 0 radical (unpaired) electrons. The maximum atomic E-state index is 13.3. The number of carbonyl (C=O) groups is 1. The number of hydrogen-bond acceptors (Lipinski definition) is 9. The number of halogens is 1. The first-order chi connectivity index (χ1) is 20.1. The van der Waals surface area contributed by atoms with E-state index in [1.807, 2.05) is 11.4 Å². The molecule has 11 nitrogen and oxygen atoms in total. The number of pyridine rings is 1. The molecule has 0 bridgehead atoms. The maximum absolute atomic E-state index is 13.3. The minimum Gasteiger partial charge on any atom is -0.356 e. The average molecular weight is 690 g/mol. The molecule has 0 atom stereocenters. The third-order valence-corrected chi connectivity index (χ3v) is 9.63. The number of fused-ring (bicyclic) bond motifs is 2. The van der Waals surface area contributed by atoms with Crippen molar-refractivity contribution < 1.29 is 13.2 Å². The van der Waals surface area contributed by atoms with Gasteiger partial charge in [0, 0.05) is 42.0 Å². The number of amides is 1. The lowest BCUT2D eigenvalue weighted by Crippen LogP contribution is -2.27. The number of thioether (sulfide) groups is 1. The molecule has 42 heavy (non-hydrogen) atoms. The fourth-order valence-electron chi connectivity index (χ4n) is 4.25. The molecule has 1 aromatic carbocycles. The first-order valence-electron chi connectivity index (χ1n) is 12.8. The van der Waals surface area contributed by atoms with Gasteiger partial charge in [-0.2, -0.15) is 0 Å². The van der Waals surface area contributed by atoms with E-state index in [0.29, 0.717) is 58.4 Å². The summed E-state index contributed by atoms with van der Waals surface area (Å²) in [5.74, 6) is 0.179. The Kier molecular flexibility index (Phi) is 9.22. The molecule has 0 aliphatic rings. The Hall–Kier alpha value is -3.37. The van der Waals surface area contributed by atoms with E-state index in [9.17, 15) is 22.8 Å². The number of primary sulfonamides is 1. The fourth-order valence-corrected chi connectivity index (χ4v) is 6.80. The smallest absolute Gasteiger partial charge is 0.272 e. The highest BCUT2D eigenvalue weighted by atomic mass is 79.9. The van der Waals surface area contributed by atoms with Gasteiger partial charge in [-0.05, 0) is 70.0 Å². The first-order valence-corrected chi connectivity index (χ1v) is 17.0. The molecule has 5 aromatic rings. The van der Waals surface area contributed by atoms with Crippen LogP contribution in [0.4, 0.5) is 0 Å². The third-order valence-electron chi connectivity index (χ3n) is 6.33. The molecule has 0 fully saturated rings. The summed E-state index contributed by atoms with van der Waals surface area (Å²) in [4.78, 5) is 47.6. The van der Waals surface area contributed by atoms with Gasteiger partial charge >= 0.3 is 0 Å². The Morgan fingerprint density at radius 2 is 1.88 bits per heavy atom. The van der Waals surface area contributed by atoms with Gasteiger partial charge in [0.25, 0.3) is 11.1 Å². The second kappa shape index (κ2) is 12.9. The summed E-state index contributed by atoms with van der Waals surface area (Å²) in [5.41, 5.74) is 2.18. The van der Waals surface area contributed by atoms with Crippen LogP contribution in [-0.2, 0) is 33.5 Å². The summed E-state index contributed by atoms with van der Waals surface area (Å²) in [6.45, 7) is 0.680. The summed E-state index contributed by atoms with van der Waals surface area (Å²) < 4.78 is 27.1. The molecular formula is C27H25BrN6O5S3. The van der Waals surface area contributed by atoms with Crippen molar-refractivity contribution in [3.05, 3.63) is 96.5 Å². The summed E-state index contributed by atoms with van der Waals surface area (Å²) >= 11 is 6.00. The van der Waals surface area contributed by atoms with E-state index in [-0.39, 0.29) is 28.3 Å². The van der Waals surface area contributed by atoms with Gasteiger partial charge in [-0.3, -0.25) is 23.4 Å². The number of sulfonamides is 1. The number of nitrogens with one attached hydrogen (secondary N) is 1. The van der Waals surface area contributed by atoms with E-state index < -0.39 is 10.0 Å². The highest BCUT2D eigenvalue weighted by molar-refractivity contribution is 9.10. The van der Waals surface area contributed by atoms with E-state index in [0.717, 1.165) is 10.0 Å². The molecule has 3 N–H and O–H groups in total. The number of rotatable bonds is 11. The number of hydrogen-bond donors (Lipinski definition) is 2. The minimum absolute atomic E-state index is 0.0365. The standard InChI is InChI=1S/C27H25BrN6O5S3/c28-18-5-8-22-31-19(14-24(36)34(22)15-18)16-41-27-32-21-10-13-40-25(21)26(37)33(27)12-1-2-23(35)30-11-9-17-3-6-20(7-4-17)42(29,38)39/h3-8,10,13-15H,1-2,9,11-12,16H2,(H,30,35)(H2,29,38,39). The van der Waals surface area contributed by atoms with Crippen LogP contribution in [0.15, 0.2) is 84.2 Å². The molecule has 0 unspecified atom stereocenters. The van der Waals surface area contributed by atoms with Crippen molar-refractivity contribution in [2.75, 3.05) is 6.54 Å². The Morgan fingerprint density at radius 3 is 2.64 bits per heavy atom.